The molecule has 2 N–H and O–H groups in total. The third-order valence-corrected chi connectivity index (χ3v) is 6.29. The second-order valence-electron chi connectivity index (χ2n) is 9.33. The van der Waals surface area contributed by atoms with Crippen molar-refractivity contribution >= 4 is 39.8 Å². The summed E-state index contributed by atoms with van der Waals surface area (Å²) in [6, 6.07) is 13.7. The molecule has 10 nitrogen and oxygen atoms in total. The van der Waals surface area contributed by atoms with Crippen molar-refractivity contribution in [2.75, 3.05) is 64.0 Å². The minimum absolute atomic E-state index is 0.306. The first-order chi connectivity index (χ1) is 18.8. The van der Waals surface area contributed by atoms with Crippen LogP contribution in [-0.4, -0.2) is 73.8 Å². The number of methoxy groups -OCH3 is 2. The van der Waals surface area contributed by atoms with Crippen LogP contribution < -0.4 is 20.3 Å². The Morgan fingerprint density at radius 2 is 1.90 bits per heavy atom. The summed E-state index contributed by atoms with van der Waals surface area (Å²) in [7, 11) is 9.29. The topological polar surface area (TPSA) is 96.8 Å². The van der Waals surface area contributed by atoms with Crippen LogP contribution >= 0.6 is 0 Å². The number of aromatic nitrogens is 3. The van der Waals surface area contributed by atoms with E-state index in [1.54, 1.807) is 20.4 Å². The molecule has 204 valence electrons. The molecule has 2 aromatic heterocycles. The monoisotopic (exact) mass is 529 g/mol. The van der Waals surface area contributed by atoms with E-state index in [0.29, 0.717) is 29.8 Å². The summed E-state index contributed by atoms with van der Waals surface area (Å²) in [5, 5.41) is 7.26. The molecule has 39 heavy (non-hydrogen) atoms. The van der Waals surface area contributed by atoms with Gasteiger partial charge in [0.1, 0.15) is 12.5 Å². The van der Waals surface area contributed by atoms with Crippen molar-refractivity contribution in [3.63, 3.8) is 0 Å². The Morgan fingerprint density at radius 3 is 2.62 bits per heavy atom. The van der Waals surface area contributed by atoms with Crippen molar-refractivity contribution in [3.8, 4) is 17.0 Å². The third-order valence-electron chi connectivity index (χ3n) is 6.29. The molecule has 0 saturated carbocycles. The lowest BCUT2D eigenvalue weighted by atomic mass is 10.1. The van der Waals surface area contributed by atoms with E-state index in [1.807, 2.05) is 62.2 Å². The molecule has 2 aromatic carbocycles. The Labute approximate surface area is 228 Å². The van der Waals surface area contributed by atoms with Crippen molar-refractivity contribution < 1.29 is 14.3 Å². The van der Waals surface area contributed by atoms with Gasteiger partial charge in [0, 0.05) is 56.7 Å². The van der Waals surface area contributed by atoms with Gasteiger partial charge in [-0.1, -0.05) is 24.8 Å². The van der Waals surface area contributed by atoms with E-state index in [9.17, 15) is 4.79 Å². The van der Waals surface area contributed by atoms with Gasteiger partial charge in [0.2, 0.25) is 11.9 Å². The van der Waals surface area contributed by atoms with Crippen LogP contribution in [0.15, 0.2) is 67.5 Å². The molecule has 0 atom stereocenters. The van der Waals surface area contributed by atoms with Gasteiger partial charge in [-0.05, 0) is 38.4 Å². The van der Waals surface area contributed by atoms with Crippen LogP contribution in [0, 0.1) is 0 Å². The summed E-state index contributed by atoms with van der Waals surface area (Å²) in [5.74, 6) is 0.673. The van der Waals surface area contributed by atoms with Gasteiger partial charge in [-0.25, -0.2) is 9.97 Å². The lowest BCUT2D eigenvalue weighted by molar-refractivity contribution is -0.111. The van der Waals surface area contributed by atoms with Crippen LogP contribution in [0.3, 0.4) is 0 Å². The first-order valence-electron chi connectivity index (χ1n) is 12.5. The zero-order valence-corrected chi connectivity index (χ0v) is 23.1. The number of fused-ring (bicyclic) bond motifs is 1. The van der Waals surface area contributed by atoms with Crippen molar-refractivity contribution in [2.45, 2.75) is 6.73 Å². The second-order valence-corrected chi connectivity index (χ2v) is 9.33. The van der Waals surface area contributed by atoms with E-state index < -0.39 is 0 Å². The number of carbonyl (C=O) groups excluding carboxylic acids is 1. The van der Waals surface area contributed by atoms with Crippen LogP contribution in [0.4, 0.5) is 23.0 Å². The highest BCUT2D eigenvalue weighted by molar-refractivity contribution is 6.02. The Kier molecular flexibility index (Phi) is 8.80. The zero-order chi connectivity index (χ0) is 27.9. The predicted octanol–water partition coefficient (Wildman–Crippen LogP) is 4.58. The number of ether oxygens (including phenoxy) is 2. The fourth-order valence-corrected chi connectivity index (χ4v) is 4.29. The molecule has 10 heteroatoms. The van der Waals surface area contributed by atoms with Gasteiger partial charge < -0.3 is 34.5 Å². The standard InChI is InChI=1S/C29H35N7O3/c1-7-28(37)31-23-16-24(27(39-6)17-26(23)35(4)15-14-34(2)3)33-29-30-13-12-22(32-29)21-18-36(19-38-5)25-11-9-8-10-20(21)25/h7-13,16-18H,1,14-15,19H2,2-6H3,(H,31,37)(H,30,32,33). The number of likely N-dealkylation sites (N-methyl/N-ethyl adjacent to an activating group) is 2. The molecule has 0 aliphatic rings. The van der Waals surface area contributed by atoms with Crippen LogP contribution in [0.5, 0.6) is 5.75 Å². The lowest BCUT2D eigenvalue weighted by Gasteiger charge is -2.26. The van der Waals surface area contributed by atoms with Crippen LogP contribution in [0.2, 0.25) is 0 Å². The number of nitrogens with one attached hydrogen (secondary N) is 2. The maximum absolute atomic E-state index is 12.3. The van der Waals surface area contributed by atoms with E-state index in [0.717, 1.165) is 40.9 Å². The number of carbonyl (C=O) groups is 1. The summed E-state index contributed by atoms with van der Waals surface area (Å²) in [4.78, 5) is 25.7. The number of para-hydroxylation sites is 1. The number of nitrogens with zero attached hydrogens (tertiary/aromatic N) is 5. The summed E-state index contributed by atoms with van der Waals surface area (Å²) in [6.45, 7) is 5.61. The molecule has 4 aromatic rings. The summed E-state index contributed by atoms with van der Waals surface area (Å²) in [5.41, 5.74) is 4.83. The Morgan fingerprint density at radius 1 is 1.10 bits per heavy atom. The first kappa shape index (κ1) is 27.6. The number of anilines is 4. The van der Waals surface area contributed by atoms with Crippen molar-refractivity contribution in [2.24, 2.45) is 0 Å². The molecule has 0 bridgehead atoms. The molecule has 0 radical (unpaired) electrons. The normalized spacial score (nSPS) is 11.0. The van der Waals surface area contributed by atoms with Gasteiger partial charge in [-0.3, -0.25) is 4.79 Å². The molecule has 0 unspecified atom stereocenters. The largest absolute Gasteiger partial charge is 0.494 e. The van der Waals surface area contributed by atoms with Crippen molar-refractivity contribution in [3.05, 3.63) is 67.5 Å². The van der Waals surface area contributed by atoms with Gasteiger partial charge >= 0.3 is 0 Å². The number of hydrogen-bond donors (Lipinski definition) is 2. The summed E-state index contributed by atoms with van der Waals surface area (Å²) in [6.07, 6.45) is 4.99. The second kappa shape index (κ2) is 12.4. The number of hydrogen-bond acceptors (Lipinski definition) is 8. The summed E-state index contributed by atoms with van der Waals surface area (Å²) < 4.78 is 13.1. The zero-order valence-electron chi connectivity index (χ0n) is 23.1. The van der Waals surface area contributed by atoms with Crippen molar-refractivity contribution in [1.29, 1.82) is 0 Å². The molecule has 2 heterocycles. The summed E-state index contributed by atoms with van der Waals surface area (Å²) >= 11 is 0. The molecular formula is C29H35N7O3. The Bertz CT molecular complexity index is 1460. The maximum atomic E-state index is 12.3. The predicted molar refractivity (Wildman–Crippen MR) is 157 cm³/mol. The van der Waals surface area contributed by atoms with Gasteiger partial charge in [-0.2, -0.15) is 0 Å². The molecule has 0 aliphatic carbocycles. The molecule has 0 aliphatic heterocycles. The highest BCUT2D eigenvalue weighted by Crippen LogP contribution is 2.38. The number of amides is 1. The molecule has 4 rings (SSSR count). The quantitative estimate of drug-likeness (QED) is 0.258. The highest BCUT2D eigenvalue weighted by atomic mass is 16.5. The first-order valence-corrected chi connectivity index (χ1v) is 12.5. The number of benzene rings is 2. The Hall–Kier alpha value is -4.41. The SMILES string of the molecule is C=CC(=O)Nc1cc(Nc2nccc(-c3cn(COC)c4ccccc34)n2)c(OC)cc1N(C)CCN(C)C. The number of rotatable bonds is 12. The maximum Gasteiger partial charge on any atom is 0.247 e. The van der Waals surface area contributed by atoms with E-state index in [-0.39, 0.29) is 5.91 Å². The van der Waals surface area contributed by atoms with Crippen molar-refractivity contribution in [1.82, 2.24) is 19.4 Å². The highest BCUT2D eigenvalue weighted by Gasteiger charge is 2.17. The minimum atomic E-state index is -0.306. The minimum Gasteiger partial charge on any atom is -0.494 e. The average molecular weight is 530 g/mol. The molecule has 0 fully saturated rings. The third kappa shape index (κ3) is 6.36. The molecule has 0 spiro atoms. The fourth-order valence-electron chi connectivity index (χ4n) is 4.29. The average Bonchev–Trinajstić information content (AvgIpc) is 3.30. The van der Waals surface area contributed by atoms with Crippen LogP contribution in [-0.2, 0) is 16.3 Å². The fraction of sp³-hybridized carbons (Fsp3) is 0.276. The van der Waals surface area contributed by atoms with Crippen LogP contribution in [0.25, 0.3) is 22.2 Å². The smallest absolute Gasteiger partial charge is 0.247 e. The van der Waals surface area contributed by atoms with Gasteiger partial charge in [0.15, 0.2) is 0 Å². The lowest BCUT2D eigenvalue weighted by Crippen LogP contribution is -2.29. The van der Waals surface area contributed by atoms with Gasteiger partial charge in [0.05, 0.1) is 35.4 Å². The van der Waals surface area contributed by atoms with E-state index >= 15 is 0 Å². The molecule has 1 amide bonds. The molecular weight excluding hydrogens is 494 g/mol. The van der Waals surface area contributed by atoms with E-state index in [4.69, 9.17) is 14.5 Å². The van der Waals surface area contributed by atoms with E-state index in [1.165, 1.54) is 6.08 Å². The van der Waals surface area contributed by atoms with E-state index in [2.05, 4.69) is 44.1 Å². The van der Waals surface area contributed by atoms with Gasteiger partial charge in [0.25, 0.3) is 0 Å². The molecule has 0 saturated heterocycles. The van der Waals surface area contributed by atoms with Gasteiger partial charge in [-0.15, -0.1) is 0 Å². The van der Waals surface area contributed by atoms with Crippen LogP contribution in [0.1, 0.15) is 0 Å². The Balaban J connectivity index is 1.71.